The molecule has 2 N–H and O–H groups in total. The molecule has 0 unspecified atom stereocenters. The van der Waals surface area contributed by atoms with E-state index in [0.717, 1.165) is 12.0 Å². The number of hydrogen-bond donors (Lipinski definition) is 2. The number of amides is 2. The predicted molar refractivity (Wildman–Crippen MR) is 113 cm³/mol. The fraction of sp³-hybridized carbons (Fsp3) is 0.227. The summed E-state index contributed by atoms with van der Waals surface area (Å²) >= 11 is 5.89. The summed E-state index contributed by atoms with van der Waals surface area (Å²) in [6.45, 7) is 3.54. The van der Waals surface area contributed by atoms with Gasteiger partial charge in [-0.3, -0.25) is 9.59 Å². The lowest BCUT2D eigenvalue weighted by Crippen LogP contribution is -2.22. The van der Waals surface area contributed by atoms with Crippen LogP contribution in [0.4, 0.5) is 5.69 Å². The fourth-order valence-corrected chi connectivity index (χ4v) is 3.64. The van der Waals surface area contributed by atoms with Crippen LogP contribution < -0.4 is 10.7 Å². The Hall–Kier alpha value is -3.32. The lowest BCUT2D eigenvalue weighted by molar-refractivity contribution is 0.0952. The number of hydrogen-bond acceptors (Lipinski definition) is 5. The highest BCUT2D eigenvalue weighted by Crippen LogP contribution is 2.30. The molecule has 0 bridgehead atoms. The van der Waals surface area contributed by atoms with E-state index in [-0.39, 0.29) is 17.6 Å². The van der Waals surface area contributed by atoms with Crippen LogP contribution in [0, 0.1) is 13.8 Å². The van der Waals surface area contributed by atoms with Crippen LogP contribution in [0.5, 0.6) is 0 Å². The average molecular weight is 426 g/mol. The van der Waals surface area contributed by atoms with Crippen LogP contribution in [0.15, 0.2) is 50.5 Å². The normalized spacial score (nSPS) is 14.4. The van der Waals surface area contributed by atoms with Crippen LogP contribution in [0.25, 0.3) is 0 Å². The van der Waals surface area contributed by atoms with Crippen molar-refractivity contribution < 1.29 is 18.4 Å². The van der Waals surface area contributed by atoms with Gasteiger partial charge in [0, 0.05) is 28.3 Å². The number of fused-ring (bicyclic) bond motifs is 1. The predicted octanol–water partition coefficient (Wildman–Crippen LogP) is 4.87. The van der Waals surface area contributed by atoms with Crippen LogP contribution in [-0.4, -0.2) is 17.5 Å². The summed E-state index contributed by atoms with van der Waals surface area (Å²) in [5.74, 6) is 0.774. The lowest BCUT2D eigenvalue weighted by Gasteiger charge is -2.13. The minimum Gasteiger partial charge on any atom is -0.469 e. The minimum atomic E-state index is -0.346. The number of carbonyl (C=O) groups excluding carboxylic acids is 2. The van der Waals surface area contributed by atoms with Crippen molar-refractivity contribution in [3.63, 3.8) is 0 Å². The smallest absolute Gasteiger partial charge is 0.291 e. The van der Waals surface area contributed by atoms with E-state index < -0.39 is 0 Å². The van der Waals surface area contributed by atoms with E-state index in [0.29, 0.717) is 51.9 Å². The molecule has 4 rings (SSSR count). The number of rotatable bonds is 4. The monoisotopic (exact) mass is 425 g/mol. The Bertz CT molecular complexity index is 1140. The molecule has 0 radical (unpaired) electrons. The van der Waals surface area contributed by atoms with Crippen molar-refractivity contribution >= 4 is 34.8 Å². The summed E-state index contributed by atoms with van der Waals surface area (Å²) in [7, 11) is 0. The third kappa shape index (κ3) is 3.89. The van der Waals surface area contributed by atoms with Crippen molar-refractivity contribution in [3.05, 3.63) is 75.6 Å². The standard InChI is InChI=1S/C22H20ClN3O4/c1-12-19-17(25-26-21(27)16-10-11-29-13(16)2)4-3-5-18(19)30-20(12)22(28)24-15-8-6-14(23)7-9-15/h6-11H,3-5H2,1-2H3,(H,24,28)(H,26,27)/b25-17+. The summed E-state index contributed by atoms with van der Waals surface area (Å²) in [6.07, 6.45) is 3.66. The topological polar surface area (TPSA) is 96.8 Å². The van der Waals surface area contributed by atoms with Crippen LogP contribution in [-0.2, 0) is 6.42 Å². The lowest BCUT2D eigenvalue weighted by atomic mass is 9.93. The second-order valence-corrected chi connectivity index (χ2v) is 7.50. The van der Waals surface area contributed by atoms with Crippen molar-refractivity contribution in [2.75, 3.05) is 5.32 Å². The highest BCUT2D eigenvalue weighted by atomic mass is 35.5. The summed E-state index contributed by atoms with van der Waals surface area (Å²) in [5, 5.41) is 7.72. The molecule has 7 nitrogen and oxygen atoms in total. The van der Waals surface area contributed by atoms with Gasteiger partial charge < -0.3 is 14.2 Å². The molecule has 0 saturated heterocycles. The summed E-state index contributed by atoms with van der Waals surface area (Å²) in [6, 6.07) is 8.44. The third-order valence-corrected chi connectivity index (χ3v) is 5.28. The van der Waals surface area contributed by atoms with Crippen molar-refractivity contribution in [2.24, 2.45) is 5.10 Å². The maximum absolute atomic E-state index is 12.7. The zero-order chi connectivity index (χ0) is 21.3. The fourth-order valence-electron chi connectivity index (χ4n) is 3.52. The van der Waals surface area contributed by atoms with Gasteiger partial charge in [0.05, 0.1) is 17.5 Å². The van der Waals surface area contributed by atoms with Gasteiger partial charge in [-0.15, -0.1) is 0 Å². The van der Waals surface area contributed by atoms with E-state index in [1.54, 1.807) is 37.3 Å². The Morgan fingerprint density at radius 3 is 2.53 bits per heavy atom. The molecule has 0 atom stereocenters. The van der Waals surface area contributed by atoms with E-state index in [4.69, 9.17) is 20.4 Å². The summed E-state index contributed by atoms with van der Waals surface area (Å²) in [4.78, 5) is 25.1. The van der Waals surface area contributed by atoms with Crippen LogP contribution in [0.1, 0.15) is 56.4 Å². The molecule has 8 heteroatoms. The maximum atomic E-state index is 12.7. The summed E-state index contributed by atoms with van der Waals surface area (Å²) in [5.41, 5.74) is 5.81. The molecule has 0 saturated carbocycles. The first-order valence-corrected chi connectivity index (χ1v) is 9.92. The molecule has 2 heterocycles. The molecule has 1 aliphatic carbocycles. The zero-order valence-electron chi connectivity index (χ0n) is 16.5. The van der Waals surface area contributed by atoms with Gasteiger partial charge in [-0.2, -0.15) is 5.10 Å². The Morgan fingerprint density at radius 1 is 1.07 bits per heavy atom. The van der Waals surface area contributed by atoms with E-state index >= 15 is 0 Å². The molecule has 30 heavy (non-hydrogen) atoms. The second-order valence-electron chi connectivity index (χ2n) is 7.06. The first-order chi connectivity index (χ1) is 14.4. The Labute approximate surface area is 178 Å². The number of hydrazone groups is 1. The number of nitrogens with zero attached hydrogens (tertiary/aromatic N) is 1. The van der Waals surface area contributed by atoms with Gasteiger partial charge in [-0.05, 0) is 57.0 Å². The highest BCUT2D eigenvalue weighted by Gasteiger charge is 2.28. The molecule has 0 fully saturated rings. The van der Waals surface area contributed by atoms with Crippen molar-refractivity contribution in [1.82, 2.24) is 5.43 Å². The Balaban J connectivity index is 1.57. The van der Waals surface area contributed by atoms with Crippen LogP contribution >= 0.6 is 11.6 Å². The van der Waals surface area contributed by atoms with Crippen LogP contribution in [0.3, 0.4) is 0 Å². The number of benzene rings is 1. The van der Waals surface area contributed by atoms with Gasteiger partial charge >= 0.3 is 0 Å². The van der Waals surface area contributed by atoms with E-state index in [9.17, 15) is 9.59 Å². The maximum Gasteiger partial charge on any atom is 0.291 e. The van der Waals surface area contributed by atoms with Gasteiger partial charge in [-0.25, -0.2) is 5.43 Å². The van der Waals surface area contributed by atoms with Gasteiger partial charge in [0.25, 0.3) is 11.8 Å². The number of anilines is 1. The molecule has 0 aliphatic heterocycles. The zero-order valence-corrected chi connectivity index (χ0v) is 17.3. The van der Waals surface area contributed by atoms with Gasteiger partial charge in [0.15, 0.2) is 5.76 Å². The quantitative estimate of drug-likeness (QED) is 0.583. The number of nitrogens with one attached hydrogen (secondary N) is 2. The molecule has 1 aliphatic rings. The number of carbonyl (C=O) groups is 2. The summed E-state index contributed by atoms with van der Waals surface area (Å²) < 4.78 is 11.0. The van der Waals surface area contributed by atoms with Crippen molar-refractivity contribution in [1.29, 1.82) is 0 Å². The Morgan fingerprint density at radius 2 is 1.83 bits per heavy atom. The van der Waals surface area contributed by atoms with Gasteiger partial charge in [-0.1, -0.05) is 11.6 Å². The molecule has 2 aromatic heterocycles. The number of furan rings is 2. The number of aryl methyl sites for hydroxylation is 2. The third-order valence-electron chi connectivity index (χ3n) is 5.03. The van der Waals surface area contributed by atoms with Crippen molar-refractivity contribution in [3.8, 4) is 0 Å². The largest absolute Gasteiger partial charge is 0.469 e. The van der Waals surface area contributed by atoms with E-state index in [1.807, 2.05) is 6.92 Å². The SMILES string of the molecule is Cc1occc1C(=O)N/N=C1\CCCc2oc(C(=O)Nc3ccc(Cl)cc3)c(C)c21. The molecule has 3 aromatic rings. The number of halogens is 1. The van der Waals surface area contributed by atoms with Crippen molar-refractivity contribution in [2.45, 2.75) is 33.1 Å². The molecule has 2 amide bonds. The molecular formula is C22H20ClN3O4. The first-order valence-electron chi connectivity index (χ1n) is 9.54. The molecule has 0 spiro atoms. The van der Waals surface area contributed by atoms with Gasteiger partial charge in [0.2, 0.25) is 0 Å². The molecule has 154 valence electrons. The average Bonchev–Trinajstić information content (AvgIpc) is 3.31. The molecular weight excluding hydrogens is 406 g/mol. The van der Waals surface area contributed by atoms with E-state index in [2.05, 4.69) is 15.8 Å². The van der Waals surface area contributed by atoms with Crippen LogP contribution in [0.2, 0.25) is 5.02 Å². The first kappa shape index (κ1) is 20.0. The highest BCUT2D eigenvalue weighted by molar-refractivity contribution is 6.30. The second kappa shape index (κ2) is 8.20. The van der Waals surface area contributed by atoms with Gasteiger partial charge in [0.1, 0.15) is 11.5 Å². The molecule has 1 aromatic carbocycles. The van der Waals surface area contributed by atoms with E-state index in [1.165, 1.54) is 6.26 Å². The Kier molecular flexibility index (Phi) is 5.46. The minimum absolute atomic E-state index is 0.238.